The highest BCUT2D eigenvalue weighted by Gasteiger charge is 2.28. The molecule has 1 aromatic carbocycles. The zero-order valence-corrected chi connectivity index (χ0v) is 17.4. The van der Waals surface area contributed by atoms with Crippen molar-refractivity contribution in [1.82, 2.24) is 19.9 Å². The fourth-order valence-electron chi connectivity index (χ4n) is 3.00. The summed E-state index contributed by atoms with van der Waals surface area (Å²) in [5.41, 5.74) is 0.999. The Morgan fingerprint density at radius 3 is 2.63 bits per heavy atom. The van der Waals surface area contributed by atoms with Gasteiger partial charge in [-0.25, -0.2) is 4.98 Å². The molecule has 0 radical (unpaired) electrons. The predicted octanol–water partition coefficient (Wildman–Crippen LogP) is 3.81. The Labute approximate surface area is 174 Å². The number of aromatic nitrogens is 3. The number of nitrogens with zero attached hydrogens (tertiary/aromatic N) is 4. The Kier molecular flexibility index (Phi) is 6.98. The third-order valence-electron chi connectivity index (χ3n) is 4.34. The number of nitrogens with one attached hydrogen (secondary N) is 1. The average molecular weight is 431 g/mol. The molecule has 0 spiro atoms. The number of hydrogen-bond acceptors (Lipinski definition) is 6. The molecule has 0 atom stereocenters. The van der Waals surface area contributed by atoms with E-state index in [2.05, 4.69) is 25.2 Å². The predicted molar refractivity (Wildman–Crippen MR) is 109 cm³/mol. The molecule has 1 fully saturated rings. The van der Waals surface area contributed by atoms with Crippen molar-refractivity contribution >= 4 is 40.8 Å². The average Bonchev–Trinajstić information content (AvgIpc) is 3.14. The van der Waals surface area contributed by atoms with Gasteiger partial charge in [0.2, 0.25) is 9.74 Å². The van der Waals surface area contributed by atoms with Crippen LogP contribution in [-0.4, -0.2) is 53.1 Å². The fraction of sp³-hybridized carbons (Fsp3) is 0.500. The van der Waals surface area contributed by atoms with Gasteiger partial charge in [0.1, 0.15) is 11.6 Å². The van der Waals surface area contributed by atoms with Crippen molar-refractivity contribution in [3.63, 3.8) is 0 Å². The van der Waals surface area contributed by atoms with Crippen LogP contribution in [0.3, 0.4) is 0 Å². The van der Waals surface area contributed by atoms with E-state index in [0.717, 1.165) is 37.5 Å². The molecule has 0 aliphatic carbocycles. The SMILES string of the molecule is COc1cccc(Cc2nc(NCCN3CCCC3)nc(C(Cl)(Cl)Cl)n2)c1. The van der Waals surface area contributed by atoms with E-state index in [9.17, 15) is 0 Å². The molecule has 1 N–H and O–H groups in total. The number of rotatable bonds is 7. The van der Waals surface area contributed by atoms with E-state index in [1.165, 1.54) is 12.8 Å². The summed E-state index contributed by atoms with van der Waals surface area (Å²) in [5, 5.41) is 3.23. The molecule has 6 nitrogen and oxygen atoms in total. The second-order valence-corrected chi connectivity index (χ2v) is 8.68. The summed E-state index contributed by atoms with van der Waals surface area (Å²) >= 11 is 18.0. The van der Waals surface area contributed by atoms with E-state index < -0.39 is 3.79 Å². The second-order valence-electron chi connectivity index (χ2n) is 6.40. The molecule has 2 heterocycles. The van der Waals surface area contributed by atoms with Crippen LogP contribution in [0, 0.1) is 0 Å². The molecule has 1 aromatic heterocycles. The molecule has 1 aliphatic rings. The molecule has 0 amide bonds. The topological polar surface area (TPSA) is 63.2 Å². The fourth-order valence-corrected chi connectivity index (χ4v) is 3.26. The van der Waals surface area contributed by atoms with Crippen molar-refractivity contribution in [2.45, 2.75) is 23.1 Å². The van der Waals surface area contributed by atoms with Gasteiger partial charge < -0.3 is 15.0 Å². The Hall–Kier alpha value is -1.34. The molecule has 146 valence electrons. The summed E-state index contributed by atoms with van der Waals surface area (Å²) in [4.78, 5) is 15.5. The van der Waals surface area contributed by atoms with Gasteiger partial charge in [0.15, 0.2) is 5.82 Å². The number of halogens is 3. The van der Waals surface area contributed by atoms with Crippen LogP contribution in [0.2, 0.25) is 0 Å². The quantitative estimate of drug-likeness (QED) is 0.674. The van der Waals surface area contributed by atoms with Crippen LogP contribution in [-0.2, 0) is 10.2 Å². The first-order chi connectivity index (χ1) is 12.9. The van der Waals surface area contributed by atoms with Crippen LogP contribution in [0.4, 0.5) is 5.95 Å². The lowest BCUT2D eigenvalue weighted by Crippen LogP contribution is -2.27. The van der Waals surface area contributed by atoms with Crippen LogP contribution >= 0.6 is 34.8 Å². The maximum absolute atomic E-state index is 6.01. The largest absolute Gasteiger partial charge is 0.497 e. The minimum Gasteiger partial charge on any atom is -0.497 e. The Balaban J connectivity index is 1.75. The third-order valence-corrected chi connectivity index (χ3v) is 4.85. The Morgan fingerprint density at radius 2 is 1.93 bits per heavy atom. The van der Waals surface area contributed by atoms with E-state index in [4.69, 9.17) is 39.5 Å². The minimum absolute atomic E-state index is 0.115. The third kappa shape index (κ3) is 6.07. The maximum Gasteiger partial charge on any atom is 0.250 e. The number of likely N-dealkylation sites (tertiary alicyclic amines) is 1. The number of ether oxygens (including phenoxy) is 1. The van der Waals surface area contributed by atoms with E-state index in [1.54, 1.807) is 7.11 Å². The van der Waals surface area contributed by atoms with E-state index in [-0.39, 0.29) is 5.82 Å². The molecule has 1 saturated heterocycles. The zero-order valence-electron chi connectivity index (χ0n) is 15.1. The van der Waals surface area contributed by atoms with Gasteiger partial charge in [-0.05, 0) is 43.6 Å². The first kappa shape index (κ1) is 20.4. The first-order valence-corrected chi connectivity index (χ1v) is 9.99. The van der Waals surface area contributed by atoms with Crippen molar-refractivity contribution in [3.05, 3.63) is 41.5 Å². The van der Waals surface area contributed by atoms with Gasteiger partial charge in [-0.15, -0.1) is 0 Å². The number of alkyl halides is 3. The molecule has 9 heteroatoms. The van der Waals surface area contributed by atoms with Gasteiger partial charge >= 0.3 is 0 Å². The number of anilines is 1. The van der Waals surface area contributed by atoms with Crippen LogP contribution in [0.5, 0.6) is 5.75 Å². The molecule has 1 aliphatic heterocycles. The number of methoxy groups -OCH3 is 1. The normalized spacial score (nSPS) is 15.1. The lowest BCUT2D eigenvalue weighted by atomic mass is 10.1. The molecule has 2 aromatic rings. The van der Waals surface area contributed by atoms with Gasteiger partial charge in [0, 0.05) is 19.5 Å². The van der Waals surface area contributed by atoms with Crippen LogP contribution in [0.1, 0.15) is 30.1 Å². The van der Waals surface area contributed by atoms with Crippen LogP contribution in [0.15, 0.2) is 24.3 Å². The molecule has 0 bridgehead atoms. The van der Waals surface area contributed by atoms with Crippen LogP contribution in [0.25, 0.3) is 0 Å². The summed E-state index contributed by atoms with van der Waals surface area (Å²) in [7, 11) is 1.63. The lowest BCUT2D eigenvalue weighted by molar-refractivity contribution is 0.352. The summed E-state index contributed by atoms with van der Waals surface area (Å²) in [6.45, 7) is 3.93. The van der Waals surface area contributed by atoms with Gasteiger partial charge in [0.25, 0.3) is 0 Å². The molecule has 0 saturated carbocycles. The van der Waals surface area contributed by atoms with E-state index in [1.807, 2.05) is 24.3 Å². The van der Waals surface area contributed by atoms with Crippen molar-refractivity contribution < 1.29 is 4.74 Å². The number of hydrogen-bond donors (Lipinski definition) is 1. The maximum atomic E-state index is 6.01. The first-order valence-electron chi connectivity index (χ1n) is 8.85. The van der Waals surface area contributed by atoms with Crippen molar-refractivity contribution in [3.8, 4) is 5.75 Å². The zero-order chi connectivity index (χ0) is 19.3. The van der Waals surface area contributed by atoms with Crippen molar-refractivity contribution in [2.75, 3.05) is 38.6 Å². The van der Waals surface area contributed by atoms with E-state index >= 15 is 0 Å². The standard InChI is InChI=1S/C18H22Cl3N5O/c1-27-14-6-4-5-13(11-14)12-15-23-16(18(19,20)21)25-17(24-15)22-7-10-26-8-2-3-9-26/h4-6,11H,2-3,7-10,12H2,1H3,(H,22,23,24,25). The van der Waals surface area contributed by atoms with E-state index in [0.29, 0.717) is 18.2 Å². The summed E-state index contributed by atoms with van der Waals surface area (Å²) in [5.74, 6) is 1.84. The summed E-state index contributed by atoms with van der Waals surface area (Å²) in [6.07, 6.45) is 3.00. The molecular formula is C18H22Cl3N5O. The second kappa shape index (κ2) is 9.24. The minimum atomic E-state index is -1.71. The molecule has 3 rings (SSSR count). The highest BCUT2D eigenvalue weighted by Crippen LogP contribution is 2.36. The van der Waals surface area contributed by atoms with Gasteiger partial charge in [-0.1, -0.05) is 46.9 Å². The Bertz CT molecular complexity index is 763. The molecular weight excluding hydrogens is 409 g/mol. The van der Waals surface area contributed by atoms with Gasteiger partial charge in [0.05, 0.1) is 7.11 Å². The van der Waals surface area contributed by atoms with Gasteiger partial charge in [-0.2, -0.15) is 9.97 Å². The van der Waals surface area contributed by atoms with Gasteiger partial charge in [-0.3, -0.25) is 0 Å². The monoisotopic (exact) mass is 429 g/mol. The highest BCUT2D eigenvalue weighted by molar-refractivity contribution is 6.66. The van der Waals surface area contributed by atoms with Crippen molar-refractivity contribution in [1.29, 1.82) is 0 Å². The highest BCUT2D eigenvalue weighted by atomic mass is 35.6. The Morgan fingerprint density at radius 1 is 1.15 bits per heavy atom. The van der Waals surface area contributed by atoms with Crippen molar-refractivity contribution in [2.24, 2.45) is 0 Å². The lowest BCUT2D eigenvalue weighted by Gasteiger charge is -2.16. The summed E-state index contributed by atoms with van der Waals surface area (Å²) in [6, 6.07) is 7.70. The molecule has 27 heavy (non-hydrogen) atoms. The smallest absolute Gasteiger partial charge is 0.250 e. The summed E-state index contributed by atoms with van der Waals surface area (Å²) < 4.78 is 3.55. The van der Waals surface area contributed by atoms with Crippen LogP contribution < -0.4 is 10.1 Å². The number of benzene rings is 1. The molecule has 0 unspecified atom stereocenters.